The highest BCUT2D eigenvalue weighted by Gasteiger charge is 2.11. The fraction of sp³-hybridized carbons (Fsp3) is 0.273. The molecule has 2 aromatic carbocycles. The highest BCUT2D eigenvalue weighted by molar-refractivity contribution is 7.99. The lowest BCUT2D eigenvalue weighted by Crippen LogP contribution is -2.14. The summed E-state index contributed by atoms with van der Waals surface area (Å²) in [5.74, 6) is 0.299. The number of esters is 1. The maximum atomic E-state index is 12.2. The van der Waals surface area contributed by atoms with Gasteiger partial charge in [0.1, 0.15) is 0 Å². The topological polar surface area (TPSA) is 97.0 Å². The number of rotatable bonds is 9. The quantitative estimate of drug-likeness (QED) is 0.392. The fourth-order valence-electron chi connectivity index (χ4n) is 2.63. The Hall–Kier alpha value is -3.13. The van der Waals surface area contributed by atoms with E-state index in [2.05, 4.69) is 39.6 Å². The van der Waals surface area contributed by atoms with E-state index in [1.54, 1.807) is 24.3 Å². The van der Waals surface area contributed by atoms with Gasteiger partial charge < -0.3 is 10.1 Å². The zero-order valence-corrected chi connectivity index (χ0v) is 17.8. The number of aromatic amines is 1. The lowest BCUT2D eigenvalue weighted by Gasteiger charge is -2.06. The van der Waals surface area contributed by atoms with Gasteiger partial charge in [-0.3, -0.25) is 9.89 Å². The molecule has 1 aromatic heterocycles. The molecule has 8 heteroatoms. The monoisotopic (exact) mass is 424 g/mol. The number of nitrogens with one attached hydrogen (secondary N) is 2. The van der Waals surface area contributed by atoms with Crippen molar-refractivity contribution in [3.8, 4) is 11.4 Å². The molecule has 0 unspecified atom stereocenters. The second-order valence-corrected chi connectivity index (χ2v) is 7.51. The minimum Gasteiger partial charge on any atom is -0.462 e. The molecular weight excluding hydrogens is 400 g/mol. The predicted molar refractivity (Wildman–Crippen MR) is 118 cm³/mol. The van der Waals surface area contributed by atoms with Crippen LogP contribution < -0.4 is 5.32 Å². The van der Waals surface area contributed by atoms with E-state index >= 15 is 0 Å². The van der Waals surface area contributed by atoms with E-state index in [0.717, 1.165) is 18.4 Å². The summed E-state index contributed by atoms with van der Waals surface area (Å²) in [7, 11) is 0. The van der Waals surface area contributed by atoms with Crippen LogP contribution in [0.25, 0.3) is 11.4 Å². The van der Waals surface area contributed by atoms with Gasteiger partial charge in [0.25, 0.3) is 0 Å². The summed E-state index contributed by atoms with van der Waals surface area (Å²) >= 11 is 1.25. The molecule has 0 atom stereocenters. The van der Waals surface area contributed by atoms with E-state index in [4.69, 9.17) is 4.74 Å². The normalized spacial score (nSPS) is 10.6. The molecule has 1 amide bonds. The van der Waals surface area contributed by atoms with Gasteiger partial charge in [0.2, 0.25) is 11.1 Å². The number of aromatic nitrogens is 3. The van der Waals surface area contributed by atoms with Gasteiger partial charge in [0, 0.05) is 11.3 Å². The number of aryl methyl sites for hydroxylation is 1. The number of thioether (sulfide) groups is 1. The Morgan fingerprint density at radius 2 is 1.80 bits per heavy atom. The Labute approximate surface area is 179 Å². The average Bonchev–Trinajstić information content (AvgIpc) is 3.26. The summed E-state index contributed by atoms with van der Waals surface area (Å²) < 4.78 is 5.08. The maximum Gasteiger partial charge on any atom is 0.338 e. The number of H-pyrrole nitrogens is 1. The number of hydrogen-bond acceptors (Lipinski definition) is 6. The predicted octanol–water partition coefficient (Wildman–Crippen LogP) is 4.33. The van der Waals surface area contributed by atoms with Gasteiger partial charge >= 0.3 is 5.97 Å². The van der Waals surface area contributed by atoms with Crippen molar-refractivity contribution in [2.45, 2.75) is 31.8 Å². The van der Waals surface area contributed by atoms with E-state index in [9.17, 15) is 9.59 Å². The first-order valence-electron chi connectivity index (χ1n) is 9.80. The van der Waals surface area contributed by atoms with Gasteiger partial charge in [-0.25, -0.2) is 9.78 Å². The summed E-state index contributed by atoms with van der Waals surface area (Å²) in [6.07, 6.45) is 1.76. The Balaban J connectivity index is 1.50. The Kier molecular flexibility index (Phi) is 7.62. The Morgan fingerprint density at radius 1 is 1.07 bits per heavy atom. The van der Waals surface area contributed by atoms with Crippen molar-refractivity contribution >= 4 is 29.3 Å². The molecule has 0 saturated carbocycles. The lowest BCUT2D eigenvalue weighted by molar-refractivity contribution is -0.113. The standard InChI is InChI=1S/C22H24N4O3S/c1-3-13-29-21(28)17-9-11-18(12-10-17)23-19(27)14-30-22-24-20(25-26-22)16-7-5-15(4-2)6-8-16/h5-12H,3-4,13-14H2,1-2H3,(H,23,27)(H,24,25,26). The van der Waals surface area contributed by atoms with E-state index < -0.39 is 0 Å². The third kappa shape index (κ3) is 5.93. The summed E-state index contributed by atoms with van der Waals surface area (Å²) in [6, 6.07) is 14.7. The number of carbonyl (C=O) groups is 2. The van der Waals surface area contributed by atoms with Gasteiger partial charge in [-0.15, -0.1) is 5.10 Å². The maximum absolute atomic E-state index is 12.2. The van der Waals surface area contributed by atoms with Crippen LogP contribution in [0.15, 0.2) is 53.7 Å². The van der Waals surface area contributed by atoms with E-state index in [1.165, 1.54) is 17.3 Å². The molecule has 0 spiro atoms. The third-order valence-electron chi connectivity index (χ3n) is 4.27. The fourth-order valence-corrected chi connectivity index (χ4v) is 3.23. The van der Waals surface area contributed by atoms with Crippen LogP contribution in [0, 0.1) is 0 Å². The van der Waals surface area contributed by atoms with Crippen molar-refractivity contribution in [1.29, 1.82) is 0 Å². The summed E-state index contributed by atoms with van der Waals surface area (Å²) in [6.45, 7) is 4.44. The summed E-state index contributed by atoms with van der Waals surface area (Å²) in [5.41, 5.74) is 3.28. The molecule has 1 heterocycles. The van der Waals surface area contributed by atoms with Gasteiger partial charge in [0.05, 0.1) is 17.9 Å². The van der Waals surface area contributed by atoms with Crippen LogP contribution in [0.3, 0.4) is 0 Å². The molecule has 30 heavy (non-hydrogen) atoms. The Morgan fingerprint density at radius 3 is 2.47 bits per heavy atom. The molecular formula is C22H24N4O3S. The van der Waals surface area contributed by atoms with Crippen molar-refractivity contribution in [3.63, 3.8) is 0 Å². The van der Waals surface area contributed by atoms with Crippen molar-refractivity contribution in [2.24, 2.45) is 0 Å². The minimum absolute atomic E-state index is 0.173. The molecule has 3 rings (SSSR count). The highest BCUT2D eigenvalue weighted by atomic mass is 32.2. The molecule has 156 valence electrons. The number of benzene rings is 2. The molecule has 2 N–H and O–H groups in total. The molecule has 0 aliphatic heterocycles. The first-order valence-corrected chi connectivity index (χ1v) is 10.8. The van der Waals surface area contributed by atoms with Gasteiger partial charge in [0.15, 0.2) is 5.82 Å². The number of amides is 1. The molecule has 3 aromatic rings. The second-order valence-electron chi connectivity index (χ2n) is 6.57. The number of carbonyl (C=O) groups excluding carboxylic acids is 2. The van der Waals surface area contributed by atoms with E-state index in [1.807, 2.05) is 19.1 Å². The number of ether oxygens (including phenoxy) is 1. The average molecular weight is 425 g/mol. The van der Waals surface area contributed by atoms with Crippen LogP contribution in [0.5, 0.6) is 0 Å². The van der Waals surface area contributed by atoms with Crippen LogP contribution in [0.2, 0.25) is 0 Å². The van der Waals surface area contributed by atoms with E-state index in [-0.39, 0.29) is 17.6 Å². The smallest absolute Gasteiger partial charge is 0.338 e. The molecule has 0 aliphatic carbocycles. The minimum atomic E-state index is -0.366. The zero-order chi connectivity index (χ0) is 21.3. The molecule has 0 aliphatic rings. The second kappa shape index (κ2) is 10.6. The van der Waals surface area contributed by atoms with E-state index in [0.29, 0.717) is 28.8 Å². The SMILES string of the molecule is CCCOC(=O)c1ccc(NC(=O)CSc2n[nH]c(-c3ccc(CC)cc3)n2)cc1. The first kappa shape index (κ1) is 21.6. The van der Waals surface area contributed by atoms with Gasteiger partial charge in [-0.1, -0.05) is 49.9 Å². The van der Waals surface area contributed by atoms with Crippen molar-refractivity contribution < 1.29 is 14.3 Å². The van der Waals surface area contributed by atoms with Crippen LogP contribution in [-0.2, 0) is 16.0 Å². The summed E-state index contributed by atoms with van der Waals surface area (Å²) in [5, 5.41) is 10.4. The van der Waals surface area contributed by atoms with Crippen molar-refractivity contribution in [3.05, 3.63) is 59.7 Å². The highest BCUT2D eigenvalue weighted by Crippen LogP contribution is 2.20. The van der Waals surface area contributed by atoms with Crippen LogP contribution in [0.4, 0.5) is 5.69 Å². The molecule has 7 nitrogen and oxygen atoms in total. The number of hydrogen-bond donors (Lipinski definition) is 2. The molecule has 0 fully saturated rings. The van der Waals surface area contributed by atoms with Crippen LogP contribution >= 0.6 is 11.8 Å². The van der Waals surface area contributed by atoms with Gasteiger partial charge in [-0.05, 0) is 42.7 Å². The van der Waals surface area contributed by atoms with Crippen LogP contribution in [-0.4, -0.2) is 39.4 Å². The first-order chi connectivity index (χ1) is 14.6. The molecule has 0 radical (unpaired) electrons. The lowest BCUT2D eigenvalue weighted by atomic mass is 10.1. The van der Waals surface area contributed by atoms with Crippen molar-refractivity contribution in [1.82, 2.24) is 15.2 Å². The largest absolute Gasteiger partial charge is 0.462 e. The molecule has 0 saturated heterocycles. The number of anilines is 1. The molecule has 0 bridgehead atoms. The number of nitrogens with zero attached hydrogens (tertiary/aromatic N) is 2. The third-order valence-corrected chi connectivity index (χ3v) is 5.12. The van der Waals surface area contributed by atoms with Crippen molar-refractivity contribution in [2.75, 3.05) is 17.7 Å². The summed E-state index contributed by atoms with van der Waals surface area (Å²) in [4.78, 5) is 28.4. The zero-order valence-electron chi connectivity index (χ0n) is 17.0. The van der Waals surface area contributed by atoms with Crippen LogP contribution in [0.1, 0.15) is 36.2 Å². The Bertz CT molecular complexity index is 984. The van der Waals surface area contributed by atoms with Gasteiger partial charge in [-0.2, -0.15) is 0 Å².